The summed E-state index contributed by atoms with van der Waals surface area (Å²) >= 11 is 7.51. The molecule has 0 bridgehead atoms. The molecule has 14 heavy (non-hydrogen) atoms. The average Bonchev–Trinajstić information content (AvgIpc) is 2.13. The summed E-state index contributed by atoms with van der Waals surface area (Å²) in [6.07, 6.45) is -0.201. The highest BCUT2D eigenvalue weighted by atomic mass is 79.9. The van der Waals surface area contributed by atoms with E-state index in [0.717, 1.165) is 0 Å². The molecule has 0 aliphatic rings. The molecule has 0 aromatic heterocycles. The Labute approximate surface area is 96.8 Å². The molecule has 80 valence electrons. The van der Waals surface area contributed by atoms with Gasteiger partial charge in [-0.3, -0.25) is 4.79 Å². The Hall–Kier alpha value is -0.290. The van der Waals surface area contributed by atoms with Crippen LogP contribution in [0.25, 0.3) is 0 Å². The van der Waals surface area contributed by atoms with E-state index >= 15 is 0 Å². The maximum Gasteiger partial charge on any atom is 0.308 e. The van der Waals surface area contributed by atoms with Gasteiger partial charge in [-0.2, -0.15) is 0 Å². The number of ether oxygens (including phenoxy) is 2. The number of alkyl halides is 1. The number of isothiocyanates is 1. The van der Waals surface area contributed by atoms with Crippen LogP contribution in [-0.4, -0.2) is 35.9 Å². The van der Waals surface area contributed by atoms with Crippen LogP contribution in [-0.2, 0) is 14.3 Å². The van der Waals surface area contributed by atoms with Crippen LogP contribution >= 0.6 is 28.1 Å². The second-order valence-corrected chi connectivity index (χ2v) is 3.32. The lowest BCUT2D eigenvalue weighted by molar-refractivity contribution is -0.173. The Balaban J connectivity index is 3.49. The molecular weight excluding hydrogens is 270 g/mol. The summed E-state index contributed by atoms with van der Waals surface area (Å²) in [6.45, 7) is 2.46. The monoisotopic (exact) mass is 281 g/mol. The average molecular weight is 282 g/mol. The van der Waals surface area contributed by atoms with Gasteiger partial charge in [0, 0.05) is 5.33 Å². The van der Waals surface area contributed by atoms with Crippen molar-refractivity contribution in [1.82, 2.24) is 0 Å². The number of rotatable bonds is 7. The van der Waals surface area contributed by atoms with Crippen LogP contribution in [0.4, 0.5) is 0 Å². The first-order chi connectivity index (χ1) is 6.70. The standard InChI is InChI=1S/C8H12BrNO3S/c1-7(12-5-4-10-6-14)13-8(11)2-3-9/h7H,2-5H2,1H3. The first-order valence-corrected chi connectivity index (χ1v) is 5.64. The first-order valence-electron chi connectivity index (χ1n) is 4.11. The zero-order valence-corrected chi connectivity index (χ0v) is 10.3. The molecule has 1 unspecified atom stereocenters. The van der Waals surface area contributed by atoms with Crippen LogP contribution in [0.3, 0.4) is 0 Å². The lowest BCUT2D eigenvalue weighted by Crippen LogP contribution is -2.19. The van der Waals surface area contributed by atoms with Gasteiger partial charge in [-0.05, 0) is 19.1 Å². The third-order valence-corrected chi connectivity index (χ3v) is 1.74. The molecule has 1 atom stereocenters. The van der Waals surface area contributed by atoms with E-state index < -0.39 is 6.29 Å². The Kier molecular flexibility index (Phi) is 9.08. The SMILES string of the molecule is CC(OCCN=C=S)OC(=O)CCBr. The van der Waals surface area contributed by atoms with E-state index in [1.807, 2.05) is 0 Å². The van der Waals surface area contributed by atoms with Crippen molar-refractivity contribution in [2.45, 2.75) is 19.6 Å². The number of hydrogen-bond acceptors (Lipinski definition) is 5. The summed E-state index contributed by atoms with van der Waals surface area (Å²) in [7, 11) is 0. The fourth-order valence-electron chi connectivity index (χ4n) is 0.665. The Morgan fingerprint density at radius 2 is 2.43 bits per heavy atom. The van der Waals surface area contributed by atoms with Crippen LogP contribution in [0, 0.1) is 0 Å². The highest BCUT2D eigenvalue weighted by molar-refractivity contribution is 9.09. The molecule has 0 radical (unpaired) electrons. The van der Waals surface area contributed by atoms with Crippen LogP contribution < -0.4 is 0 Å². The van der Waals surface area contributed by atoms with E-state index in [9.17, 15) is 4.79 Å². The molecule has 0 amide bonds. The van der Waals surface area contributed by atoms with E-state index in [1.165, 1.54) is 0 Å². The number of aliphatic imine (C=N–C) groups is 1. The van der Waals surface area contributed by atoms with Crippen LogP contribution in [0.1, 0.15) is 13.3 Å². The van der Waals surface area contributed by atoms with E-state index in [4.69, 9.17) is 9.47 Å². The van der Waals surface area contributed by atoms with Crippen molar-refractivity contribution in [3.63, 3.8) is 0 Å². The maximum absolute atomic E-state index is 11.0. The third-order valence-electron chi connectivity index (χ3n) is 1.22. The number of esters is 1. The van der Waals surface area contributed by atoms with Gasteiger partial charge >= 0.3 is 5.97 Å². The third kappa shape index (κ3) is 8.31. The highest BCUT2D eigenvalue weighted by Gasteiger charge is 2.07. The molecule has 0 rings (SSSR count). The Bertz CT molecular complexity index is 219. The summed E-state index contributed by atoms with van der Waals surface area (Å²) in [4.78, 5) is 14.6. The second-order valence-electron chi connectivity index (χ2n) is 2.34. The fourth-order valence-corrected chi connectivity index (χ4v) is 1.08. The van der Waals surface area contributed by atoms with E-state index in [2.05, 4.69) is 38.3 Å². The van der Waals surface area contributed by atoms with Gasteiger partial charge in [0.2, 0.25) is 0 Å². The summed E-state index contributed by atoms with van der Waals surface area (Å²) in [5.41, 5.74) is 0. The zero-order chi connectivity index (χ0) is 10.8. The second kappa shape index (κ2) is 9.27. The van der Waals surface area contributed by atoms with Gasteiger partial charge in [-0.25, -0.2) is 4.99 Å². The quantitative estimate of drug-likeness (QED) is 0.178. The smallest absolute Gasteiger partial charge is 0.308 e. The number of halogens is 1. The summed E-state index contributed by atoms with van der Waals surface area (Å²) in [5, 5.41) is 2.81. The van der Waals surface area contributed by atoms with E-state index in [1.54, 1.807) is 6.92 Å². The van der Waals surface area contributed by atoms with Crippen molar-refractivity contribution in [3.05, 3.63) is 0 Å². The number of nitrogens with zero attached hydrogens (tertiary/aromatic N) is 1. The molecule has 0 saturated carbocycles. The van der Waals surface area contributed by atoms with Gasteiger partial charge in [0.25, 0.3) is 0 Å². The van der Waals surface area contributed by atoms with Gasteiger partial charge in [-0.15, -0.1) is 0 Å². The molecule has 0 aromatic rings. The Morgan fingerprint density at radius 3 is 3.00 bits per heavy atom. The van der Waals surface area contributed by atoms with Crippen molar-refractivity contribution < 1.29 is 14.3 Å². The van der Waals surface area contributed by atoms with Crippen molar-refractivity contribution in [1.29, 1.82) is 0 Å². The van der Waals surface area contributed by atoms with Gasteiger partial charge in [0.1, 0.15) is 0 Å². The summed E-state index contributed by atoms with van der Waals surface area (Å²) < 4.78 is 10.0. The highest BCUT2D eigenvalue weighted by Crippen LogP contribution is 1.98. The van der Waals surface area contributed by atoms with Crippen LogP contribution in [0.15, 0.2) is 4.99 Å². The fraction of sp³-hybridized carbons (Fsp3) is 0.750. The minimum atomic E-state index is -0.540. The largest absolute Gasteiger partial charge is 0.436 e. The number of carbonyl (C=O) groups excluding carboxylic acids is 1. The lowest BCUT2D eigenvalue weighted by Gasteiger charge is -2.12. The molecule has 0 N–H and O–H groups in total. The van der Waals surface area contributed by atoms with E-state index in [-0.39, 0.29) is 5.97 Å². The van der Waals surface area contributed by atoms with Gasteiger partial charge < -0.3 is 9.47 Å². The molecule has 0 aliphatic carbocycles. The van der Waals surface area contributed by atoms with Crippen molar-refractivity contribution in [3.8, 4) is 0 Å². The number of thiocarbonyl (C=S) groups is 1. The minimum Gasteiger partial charge on any atom is -0.436 e. The van der Waals surface area contributed by atoms with E-state index in [0.29, 0.717) is 24.9 Å². The molecule has 0 heterocycles. The maximum atomic E-state index is 11.0. The molecule has 0 saturated heterocycles. The molecule has 0 fully saturated rings. The van der Waals surface area contributed by atoms with Crippen molar-refractivity contribution in [2.24, 2.45) is 4.99 Å². The molecule has 0 spiro atoms. The molecule has 4 nitrogen and oxygen atoms in total. The van der Waals surface area contributed by atoms with Gasteiger partial charge in [-0.1, -0.05) is 15.9 Å². The zero-order valence-electron chi connectivity index (χ0n) is 7.86. The predicted octanol–water partition coefficient (Wildman–Crippen LogP) is 1.78. The molecule has 0 aliphatic heterocycles. The van der Waals surface area contributed by atoms with Crippen molar-refractivity contribution >= 4 is 39.3 Å². The Morgan fingerprint density at radius 1 is 1.71 bits per heavy atom. The summed E-state index contributed by atoms with van der Waals surface area (Å²) in [5.74, 6) is -0.285. The number of carbonyl (C=O) groups is 1. The predicted molar refractivity (Wildman–Crippen MR) is 59.8 cm³/mol. The first kappa shape index (κ1) is 13.7. The number of hydrogen-bond donors (Lipinski definition) is 0. The molecular formula is C8H12BrNO3S. The summed E-state index contributed by atoms with van der Waals surface area (Å²) in [6, 6.07) is 0. The topological polar surface area (TPSA) is 47.9 Å². The normalized spacial score (nSPS) is 11.6. The van der Waals surface area contributed by atoms with Crippen LogP contribution in [0.2, 0.25) is 0 Å². The minimum absolute atomic E-state index is 0.285. The van der Waals surface area contributed by atoms with Crippen molar-refractivity contribution in [2.75, 3.05) is 18.5 Å². The van der Waals surface area contributed by atoms with Gasteiger partial charge in [0.05, 0.1) is 24.7 Å². The van der Waals surface area contributed by atoms with Crippen LogP contribution in [0.5, 0.6) is 0 Å². The molecule has 0 aromatic carbocycles. The lowest BCUT2D eigenvalue weighted by atomic mass is 10.5. The van der Waals surface area contributed by atoms with Gasteiger partial charge in [0.15, 0.2) is 6.29 Å². The molecule has 6 heteroatoms.